The van der Waals surface area contributed by atoms with Crippen LogP contribution >= 0.6 is 0 Å². The molecule has 9 nitrogen and oxygen atoms in total. The van der Waals surface area contributed by atoms with E-state index in [1.54, 1.807) is 0 Å². The highest BCUT2D eigenvalue weighted by Crippen LogP contribution is 2.60. The molecule has 148 heavy (non-hydrogen) atoms. The molecule has 0 N–H and O–H groups in total. The summed E-state index contributed by atoms with van der Waals surface area (Å²) in [5.74, 6) is 0. The Morgan fingerprint density at radius 2 is 0.507 bits per heavy atom. The molecule has 0 amide bonds. The lowest BCUT2D eigenvalue weighted by Crippen LogP contribution is -2.61. The Bertz CT molecular complexity index is 9840. The van der Waals surface area contributed by atoms with Crippen molar-refractivity contribution in [2.24, 2.45) is 0 Å². The van der Waals surface area contributed by atoms with Crippen molar-refractivity contribution in [3.05, 3.63) is 391 Å². The number of aromatic nitrogens is 2. The highest BCUT2D eigenvalue weighted by atomic mass is 16.3. The molecule has 2 aliphatic heterocycles. The summed E-state index contributed by atoms with van der Waals surface area (Å²) in [5.41, 5.74) is 40.0. The van der Waals surface area contributed by atoms with E-state index in [1.807, 2.05) is 0 Å². The zero-order valence-corrected chi connectivity index (χ0v) is 87.0. The first-order chi connectivity index (χ1) is 71.2. The number of fused-ring (bicyclic) bond motifs is 26. The van der Waals surface area contributed by atoms with Crippen molar-refractivity contribution in [3.8, 4) is 67.0 Å². The number of furan rings is 5. The summed E-state index contributed by atoms with van der Waals surface area (Å²) in [6.45, 7) is 42.1. The molecule has 0 unspecified atom stereocenters. The average molecular weight is 1920 g/mol. The zero-order chi connectivity index (χ0) is 101. The molecule has 26 aromatic rings. The third-order valence-corrected chi connectivity index (χ3v) is 32.4. The minimum atomic E-state index is -0.493. The average Bonchev–Trinajstić information content (AvgIpc) is 0.750. The number of nitrogens with zero attached hydrogens (tertiary/aromatic N) is 4. The largest absolute Gasteiger partial charge is 0.456 e. The van der Waals surface area contributed by atoms with Crippen molar-refractivity contribution in [1.29, 1.82) is 0 Å². The molecule has 0 aliphatic carbocycles. The van der Waals surface area contributed by atoms with Crippen molar-refractivity contribution in [1.82, 2.24) is 9.13 Å². The summed E-state index contributed by atoms with van der Waals surface area (Å²) in [7, 11) is 0. The lowest BCUT2D eigenvalue weighted by Gasteiger charge is -2.46. The molecule has 9 heterocycles. The summed E-state index contributed by atoms with van der Waals surface area (Å²) in [5, 5.41) is 15.0. The molecule has 0 atom stereocenters. The number of hydrogen-bond acceptors (Lipinski definition) is 7. The first kappa shape index (κ1) is 89.1. The molecule has 10 heteroatoms. The zero-order valence-electron chi connectivity index (χ0n) is 87.0. The maximum Gasteiger partial charge on any atom is 0.252 e. The lowest BCUT2D eigenvalue weighted by atomic mass is 9.33. The van der Waals surface area contributed by atoms with Crippen LogP contribution in [0.1, 0.15) is 158 Å². The second-order valence-electron chi connectivity index (χ2n) is 47.9. The number of rotatable bonds is 9. The van der Waals surface area contributed by atoms with Gasteiger partial charge in [0.2, 0.25) is 0 Å². The predicted molar refractivity (Wildman–Crippen MR) is 625 cm³/mol. The minimum Gasteiger partial charge on any atom is -0.456 e. The Hall–Kier alpha value is -16.6. The number of hydrogen-bond donors (Lipinski definition) is 0. The van der Waals surface area contributed by atoms with E-state index in [0.717, 1.165) is 266 Å². The van der Waals surface area contributed by atoms with Crippen LogP contribution in [0.5, 0.6) is 0 Å². The highest BCUT2D eigenvalue weighted by molar-refractivity contribution is 7.00. The van der Waals surface area contributed by atoms with Crippen molar-refractivity contribution in [2.45, 2.75) is 157 Å². The summed E-state index contributed by atoms with van der Waals surface area (Å²) >= 11 is 0. The van der Waals surface area contributed by atoms with Gasteiger partial charge in [0, 0.05) is 126 Å². The van der Waals surface area contributed by atoms with Crippen LogP contribution in [0.15, 0.2) is 380 Å². The SMILES string of the molecule is CC(C)(C)c1cc(-c2cc3c4c(c2)N(c2c(-c5cccc6oc7ccccc7c56)cc(C(C)(C)C)cc2-c2cccc5oc6ccccc6c25)c2cc(-n5c6ccccc6c6c7oc8ccccc8c7ccc65)ccc2B4c2ccc(-n4c5ccc(C(C)(C)C)cc5c5cc(C(C)(C)C)ccc54)cc2N3c2c(-c3cccc4oc5ccccc5c34)cc(C(C)(C)C)cc2-c2cccc3oc4ccccc4c23)cc(C(C)(C)C)c1. The fraction of sp³-hybridized carbons (Fsp3) is 0.174. The van der Waals surface area contributed by atoms with E-state index in [-0.39, 0.29) is 21.7 Å². The molecule has 19 aromatic carbocycles. The summed E-state index contributed by atoms with van der Waals surface area (Å²) < 4.78 is 41.1. The fourth-order valence-electron chi connectivity index (χ4n) is 24.7. The van der Waals surface area contributed by atoms with Crippen LogP contribution in [-0.2, 0) is 32.5 Å². The van der Waals surface area contributed by atoms with Gasteiger partial charge in [-0.05, 0) is 273 Å². The summed E-state index contributed by atoms with van der Waals surface area (Å²) in [6, 6.07) is 136. The van der Waals surface area contributed by atoms with E-state index < -0.39 is 17.5 Å². The summed E-state index contributed by atoms with van der Waals surface area (Å²) in [6.07, 6.45) is 0. The first-order valence-corrected chi connectivity index (χ1v) is 52.3. The van der Waals surface area contributed by atoms with Crippen molar-refractivity contribution < 1.29 is 22.1 Å². The quantitative estimate of drug-likeness (QED) is 0.133. The van der Waals surface area contributed by atoms with Gasteiger partial charge in [-0.3, -0.25) is 0 Å². The monoisotopic (exact) mass is 1920 g/mol. The Balaban J connectivity index is 0.866. The Kier molecular flexibility index (Phi) is 19.0. The topological polar surface area (TPSA) is 82.0 Å². The molecular formula is C138H113BN4O5. The molecule has 0 saturated carbocycles. The van der Waals surface area contributed by atoms with Crippen molar-refractivity contribution >= 4 is 211 Å². The smallest absolute Gasteiger partial charge is 0.252 e. The van der Waals surface area contributed by atoms with E-state index in [2.05, 4.69) is 501 Å². The standard InChI is InChI=1S/C138H113BN4O5/c1-133(2,3)80-55-62-108-99(70-80)100-71-81(134(4,5)6)56-63-109(100)140(108)86-57-60-105-111(76-86)142(130-101(89-41-31-51-120-124(89)95-37-21-27-47-116(95)144-120)72-84(137(13,14)15)73-102(130)90-42-32-52-121-125(90)96-38-22-28-48-117(96)145-121)113-67-79(78-65-82(135(7,8)9)69-83(66-78)136(10,11)12)68-114-129(113)139(105)106-61-58-87(141-107-45-25-19-36-94(107)128-110(141)64-59-93-88-35-20-26-46-115(88)148-132(93)128)77-112(106)143(114)131-103(91-43-33-53-122-126(91)97-39-23-29-49-118(97)146-122)74-85(138(16,17)18)75-104(131)92-44-34-54-123-127(92)98-40-24-30-50-119(98)147-123/h19-77H,1-18H3. The van der Waals surface area contributed by atoms with E-state index in [0.29, 0.717) is 0 Å². The van der Waals surface area contributed by atoms with E-state index in [9.17, 15) is 0 Å². The molecule has 0 saturated heterocycles. The Morgan fingerprint density at radius 3 is 0.885 bits per heavy atom. The number of benzene rings is 19. The third-order valence-electron chi connectivity index (χ3n) is 32.4. The van der Waals surface area contributed by atoms with Crippen LogP contribution in [0.3, 0.4) is 0 Å². The van der Waals surface area contributed by atoms with E-state index in [1.165, 1.54) is 38.6 Å². The summed E-state index contributed by atoms with van der Waals surface area (Å²) in [4.78, 5) is 5.56. The van der Waals surface area contributed by atoms with E-state index >= 15 is 0 Å². The van der Waals surface area contributed by atoms with Gasteiger partial charge >= 0.3 is 0 Å². The van der Waals surface area contributed by atoms with Gasteiger partial charge in [0.1, 0.15) is 55.8 Å². The van der Waals surface area contributed by atoms with Gasteiger partial charge in [0.05, 0.1) is 38.8 Å². The maximum absolute atomic E-state index is 7.21. The molecule has 7 aromatic heterocycles. The molecule has 28 rings (SSSR count). The molecule has 2 aliphatic rings. The molecule has 718 valence electrons. The number of para-hydroxylation sites is 6. The van der Waals surface area contributed by atoms with Gasteiger partial charge in [-0.25, -0.2) is 0 Å². The van der Waals surface area contributed by atoms with Gasteiger partial charge in [-0.1, -0.05) is 325 Å². The minimum absolute atomic E-state index is 0.148. The van der Waals surface area contributed by atoms with Crippen LogP contribution in [0.4, 0.5) is 34.1 Å². The van der Waals surface area contributed by atoms with Gasteiger partial charge < -0.3 is 41.0 Å². The molecule has 0 bridgehead atoms. The highest BCUT2D eigenvalue weighted by Gasteiger charge is 2.48. The van der Waals surface area contributed by atoms with Crippen LogP contribution in [0.25, 0.3) is 220 Å². The normalized spacial score (nSPS) is 13.4. The number of anilines is 6. The first-order valence-electron chi connectivity index (χ1n) is 52.3. The van der Waals surface area contributed by atoms with Gasteiger partial charge in [0.25, 0.3) is 6.71 Å². The second kappa shape index (κ2) is 31.5. The third kappa shape index (κ3) is 13.5. The van der Waals surface area contributed by atoms with Crippen molar-refractivity contribution in [3.63, 3.8) is 0 Å². The van der Waals surface area contributed by atoms with Gasteiger partial charge in [-0.15, -0.1) is 0 Å². The van der Waals surface area contributed by atoms with E-state index in [4.69, 9.17) is 22.1 Å². The van der Waals surface area contributed by atoms with Crippen LogP contribution in [0, 0.1) is 0 Å². The molecule has 0 radical (unpaired) electrons. The van der Waals surface area contributed by atoms with Gasteiger partial charge in [0.15, 0.2) is 0 Å². The molecule has 0 fully saturated rings. The predicted octanol–water partition coefficient (Wildman–Crippen LogP) is 37.6. The maximum atomic E-state index is 7.21. The Morgan fingerprint density at radius 1 is 0.196 bits per heavy atom. The van der Waals surface area contributed by atoms with Crippen LogP contribution in [-0.4, -0.2) is 15.8 Å². The van der Waals surface area contributed by atoms with Crippen LogP contribution in [0.2, 0.25) is 0 Å². The van der Waals surface area contributed by atoms with Crippen LogP contribution < -0.4 is 26.2 Å². The van der Waals surface area contributed by atoms with Crippen molar-refractivity contribution in [2.75, 3.05) is 9.80 Å². The Labute approximate surface area is 861 Å². The second-order valence-corrected chi connectivity index (χ2v) is 47.9. The lowest BCUT2D eigenvalue weighted by molar-refractivity contribution is 0.569. The fourth-order valence-corrected chi connectivity index (χ4v) is 24.7. The molecular weight excluding hydrogens is 1800 g/mol. The van der Waals surface area contributed by atoms with Gasteiger partial charge in [-0.2, -0.15) is 0 Å². The molecule has 0 spiro atoms.